The van der Waals surface area contributed by atoms with Crippen LogP contribution < -0.4 is 10.6 Å². The average molecular weight is 330 g/mol. The maximum Gasteiger partial charge on any atom is 0.221 e. The number of benzene rings is 1. The Morgan fingerprint density at radius 2 is 1.88 bits per heavy atom. The predicted octanol–water partition coefficient (Wildman–Crippen LogP) is 2.53. The number of guanidine groups is 1. The molecular formula is C19H30N4O. The third-order valence-electron chi connectivity index (χ3n) is 4.28. The Hall–Kier alpha value is -2.04. The topological polar surface area (TPSA) is 56.7 Å². The van der Waals surface area contributed by atoms with Gasteiger partial charge in [0, 0.05) is 33.1 Å². The number of nitrogens with zero attached hydrogens (tertiary/aromatic N) is 2. The van der Waals surface area contributed by atoms with E-state index in [2.05, 4.69) is 27.8 Å². The van der Waals surface area contributed by atoms with E-state index in [4.69, 9.17) is 0 Å². The minimum absolute atomic E-state index is 0.135. The van der Waals surface area contributed by atoms with Gasteiger partial charge in [0.15, 0.2) is 5.96 Å². The molecule has 5 nitrogen and oxygen atoms in total. The van der Waals surface area contributed by atoms with Crippen LogP contribution in [-0.4, -0.2) is 43.4 Å². The SMILES string of the molecule is CN(C)C(=NCc1ccccc1)NCCC(=O)NC1CCCCC1. The summed E-state index contributed by atoms with van der Waals surface area (Å²) in [6.45, 7) is 1.24. The third-order valence-corrected chi connectivity index (χ3v) is 4.28. The molecule has 0 atom stereocenters. The van der Waals surface area contributed by atoms with Gasteiger partial charge >= 0.3 is 0 Å². The first-order valence-corrected chi connectivity index (χ1v) is 8.94. The average Bonchev–Trinajstić information content (AvgIpc) is 2.59. The van der Waals surface area contributed by atoms with Crippen LogP contribution in [0, 0.1) is 0 Å². The fraction of sp³-hybridized carbons (Fsp3) is 0.579. The fourth-order valence-electron chi connectivity index (χ4n) is 2.94. The Labute approximate surface area is 145 Å². The van der Waals surface area contributed by atoms with E-state index >= 15 is 0 Å². The maximum absolute atomic E-state index is 12.0. The summed E-state index contributed by atoms with van der Waals surface area (Å²) in [5, 5.41) is 6.42. The van der Waals surface area contributed by atoms with Gasteiger partial charge in [-0.05, 0) is 18.4 Å². The number of amides is 1. The van der Waals surface area contributed by atoms with Gasteiger partial charge in [0.25, 0.3) is 0 Å². The molecule has 0 bridgehead atoms. The number of rotatable bonds is 6. The normalized spacial score (nSPS) is 15.8. The molecule has 1 aromatic rings. The molecule has 0 unspecified atom stereocenters. The molecular weight excluding hydrogens is 300 g/mol. The molecule has 0 heterocycles. The van der Waals surface area contributed by atoms with Crippen LogP contribution in [0.1, 0.15) is 44.1 Å². The van der Waals surface area contributed by atoms with Gasteiger partial charge in [-0.3, -0.25) is 4.79 Å². The summed E-state index contributed by atoms with van der Waals surface area (Å²) in [6, 6.07) is 10.5. The first-order valence-electron chi connectivity index (χ1n) is 8.94. The van der Waals surface area contributed by atoms with E-state index in [1.807, 2.05) is 37.2 Å². The molecule has 2 rings (SSSR count). The van der Waals surface area contributed by atoms with Crippen molar-refractivity contribution >= 4 is 11.9 Å². The Bertz CT molecular complexity index is 521. The van der Waals surface area contributed by atoms with Gasteiger partial charge in [-0.1, -0.05) is 49.6 Å². The van der Waals surface area contributed by atoms with Crippen molar-refractivity contribution < 1.29 is 4.79 Å². The Morgan fingerprint density at radius 1 is 1.17 bits per heavy atom. The van der Waals surface area contributed by atoms with E-state index in [0.717, 1.165) is 18.8 Å². The summed E-state index contributed by atoms with van der Waals surface area (Å²) in [4.78, 5) is 18.6. The largest absolute Gasteiger partial charge is 0.356 e. The molecule has 132 valence electrons. The number of carbonyl (C=O) groups excluding carboxylic acids is 1. The second kappa shape index (κ2) is 9.96. The van der Waals surface area contributed by atoms with E-state index in [0.29, 0.717) is 25.6 Å². The number of nitrogens with one attached hydrogen (secondary N) is 2. The molecule has 1 aliphatic rings. The zero-order chi connectivity index (χ0) is 17.2. The van der Waals surface area contributed by atoms with Crippen LogP contribution in [-0.2, 0) is 11.3 Å². The summed E-state index contributed by atoms with van der Waals surface area (Å²) >= 11 is 0. The molecule has 0 aliphatic heterocycles. The predicted molar refractivity (Wildman–Crippen MR) is 98.9 cm³/mol. The first-order chi connectivity index (χ1) is 11.6. The molecule has 0 radical (unpaired) electrons. The van der Waals surface area contributed by atoms with Crippen molar-refractivity contribution in [2.24, 2.45) is 4.99 Å². The molecule has 1 aromatic carbocycles. The molecule has 1 amide bonds. The van der Waals surface area contributed by atoms with Crippen molar-refractivity contribution in [2.45, 2.75) is 51.1 Å². The van der Waals surface area contributed by atoms with Crippen molar-refractivity contribution in [1.82, 2.24) is 15.5 Å². The second-order valence-corrected chi connectivity index (χ2v) is 6.60. The standard InChI is InChI=1S/C19H30N4O/c1-23(2)19(21-15-16-9-5-3-6-10-16)20-14-13-18(24)22-17-11-7-4-8-12-17/h3,5-6,9-10,17H,4,7-8,11-15H2,1-2H3,(H,20,21)(H,22,24). The lowest BCUT2D eigenvalue weighted by Crippen LogP contribution is -2.40. The highest BCUT2D eigenvalue weighted by Crippen LogP contribution is 2.17. The molecule has 0 aromatic heterocycles. The molecule has 1 fully saturated rings. The smallest absolute Gasteiger partial charge is 0.221 e. The number of carbonyl (C=O) groups is 1. The minimum atomic E-state index is 0.135. The zero-order valence-corrected chi connectivity index (χ0v) is 14.9. The molecule has 0 saturated heterocycles. The van der Waals surface area contributed by atoms with Gasteiger partial charge in [0.2, 0.25) is 5.91 Å². The van der Waals surface area contributed by atoms with Crippen molar-refractivity contribution in [2.75, 3.05) is 20.6 Å². The van der Waals surface area contributed by atoms with Gasteiger partial charge in [-0.15, -0.1) is 0 Å². The van der Waals surface area contributed by atoms with E-state index < -0.39 is 0 Å². The van der Waals surface area contributed by atoms with Crippen molar-refractivity contribution in [1.29, 1.82) is 0 Å². The molecule has 24 heavy (non-hydrogen) atoms. The zero-order valence-electron chi connectivity index (χ0n) is 14.9. The first kappa shape index (κ1) is 18.3. The van der Waals surface area contributed by atoms with Gasteiger partial charge in [0.05, 0.1) is 6.54 Å². The maximum atomic E-state index is 12.0. The summed E-state index contributed by atoms with van der Waals surface area (Å²) in [5.74, 6) is 0.944. The molecule has 1 saturated carbocycles. The second-order valence-electron chi connectivity index (χ2n) is 6.60. The Balaban J connectivity index is 1.73. The van der Waals surface area contributed by atoms with Gasteiger partial charge in [0.1, 0.15) is 0 Å². The summed E-state index contributed by atoms with van der Waals surface area (Å²) in [6.07, 6.45) is 6.51. The Kier molecular flexibility index (Phi) is 7.59. The van der Waals surface area contributed by atoms with E-state index in [1.165, 1.54) is 24.8 Å². The van der Waals surface area contributed by atoms with Crippen molar-refractivity contribution in [3.05, 3.63) is 35.9 Å². The van der Waals surface area contributed by atoms with Crippen LogP contribution in [0.3, 0.4) is 0 Å². The van der Waals surface area contributed by atoms with Gasteiger partial charge in [-0.2, -0.15) is 0 Å². The van der Waals surface area contributed by atoms with Crippen molar-refractivity contribution in [3.63, 3.8) is 0 Å². The lowest BCUT2D eigenvalue weighted by Gasteiger charge is -2.23. The van der Waals surface area contributed by atoms with Crippen LogP contribution in [0.2, 0.25) is 0 Å². The molecule has 5 heteroatoms. The van der Waals surface area contributed by atoms with Crippen LogP contribution in [0.5, 0.6) is 0 Å². The van der Waals surface area contributed by atoms with Crippen LogP contribution in [0.15, 0.2) is 35.3 Å². The van der Waals surface area contributed by atoms with Crippen molar-refractivity contribution in [3.8, 4) is 0 Å². The highest BCUT2D eigenvalue weighted by molar-refractivity contribution is 5.81. The summed E-state index contributed by atoms with van der Waals surface area (Å²) < 4.78 is 0. The monoisotopic (exact) mass is 330 g/mol. The third kappa shape index (κ3) is 6.60. The van der Waals surface area contributed by atoms with E-state index in [-0.39, 0.29) is 5.91 Å². The van der Waals surface area contributed by atoms with Gasteiger partial charge in [-0.25, -0.2) is 4.99 Å². The fourth-order valence-corrected chi connectivity index (χ4v) is 2.94. The molecule has 2 N–H and O–H groups in total. The van der Waals surface area contributed by atoms with Gasteiger partial charge < -0.3 is 15.5 Å². The summed E-state index contributed by atoms with van der Waals surface area (Å²) in [5.41, 5.74) is 1.17. The highest BCUT2D eigenvalue weighted by Gasteiger charge is 2.15. The molecule has 0 spiro atoms. The van der Waals surface area contributed by atoms with E-state index in [1.54, 1.807) is 0 Å². The van der Waals surface area contributed by atoms with Crippen LogP contribution >= 0.6 is 0 Å². The lowest BCUT2D eigenvalue weighted by molar-refractivity contribution is -0.121. The molecule has 1 aliphatic carbocycles. The Morgan fingerprint density at radius 3 is 2.54 bits per heavy atom. The number of hydrogen-bond acceptors (Lipinski definition) is 2. The van der Waals surface area contributed by atoms with Crippen LogP contribution in [0.25, 0.3) is 0 Å². The lowest BCUT2D eigenvalue weighted by atomic mass is 9.95. The quantitative estimate of drug-likeness (QED) is 0.622. The minimum Gasteiger partial charge on any atom is -0.356 e. The highest BCUT2D eigenvalue weighted by atomic mass is 16.1. The summed E-state index contributed by atoms with van der Waals surface area (Å²) in [7, 11) is 3.91. The number of aliphatic imine (C=N–C) groups is 1. The number of hydrogen-bond donors (Lipinski definition) is 2. The van der Waals surface area contributed by atoms with Crippen LogP contribution in [0.4, 0.5) is 0 Å². The van der Waals surface area contributed by atoms with E-state index in [9.17, 15) is 4.79 Å².